The summed E-state index contributed by atoms with van der Waals surface area (Å²) in [7, 11) is 0. The summed E-state index contributed by atoms with van der Waals surface area (Å²) < 4.78 is 2.53. The van der Waals surface area contributed by atoms with Gasteiger partial charge in [-0.15, -0.1) is 0 Å². The number of hydrogen-bond acceptors (Lipinski definition) is 2. The Morgan fingerprint density at radius 1 is 1.38 bits per heavy atom. The minimum Gasteiger partial charge on any atom is -0.330 e. The summed E-state index contributed by atoms with van der Waals surface area (Å²) in [5.41, 5.74) is 8.46. The van der Waals surface area contributed by atoms with E-state index in [1.54, 1.807) is 0 Å². The first-order valence-electron chi connectivity index (χ1n) is 6.61. The summed E-state index contributed by atoms with van der Waals surface area (Å²) in [4.78, 5) is 4.88. The lowest BCUT2D eigenvalue weighted by molar-refractivity contribution is 0.417. The molecule has 3 rings (SSSR count). The third kappa shape index (κ3) is 1.58. The van der Waals surface area contributed by atoms with E-state index in [2.05, 4.69) is 11.5 Å². The molecule has 1 aliphatic heterocycles. The van der Waals surface area contributed by atoms with Crippen LogP contribution < -0.4 is 5.73 Å². The second-order valence-corrected chi connectivity index (χ2v) is 5.29. The van der Waals surface area contributed by atoms with Gasteiger partial charge in [0.1, 0.15) is 5.82 Å². The van der Waals surface area contributed by atoms with E-state index in [1.165, 1.54) is 49.3 Å². The molecule has 3 nitrogen and oxygen atoms in total. The molecule has 0 aromatic carbocycles. The van der Waals surface area contributed by atoms with E-state index in [0.717, 1.165) is 18.9 Å². The van der Waals surface area contributed by atoms with Gasteiger partial charge in [0.05, 0.1) is 5.69 Å². The first kappa shape index (κ1) is 10.3. The Bertz CT molecular complexity index is 390. The largest absolute Gasteiger partial charge is 0.330 e. The molecule has 2 N–H and O–H groups in total. The van der Waals surface area contributed by atoms with Gasteiger partial charge >= 0.3 is 0 Å². The van der Waals surface area contributed by atoms with Crippen LogP contribution in [0.5, 0.6) is 0 Å². The number of nitrogens with two attached hydrogens (primary N) is 1. The van der Waals surface area contributed by atoms with E-state index >= 15 is 0 Å². The van der Waals surface area contributed by atoms with E-state index in [0.29, 0.717) is 6.04 Å². The van der Waals surface area contributed by atoms with Crippen molar-refractivity contribution in [2.75, 3.05) is 6.54 Å². The average molecular weight is 219 g/mol. The van der Waals surface area contributed by atoms with Gasteiger partial charge in [-0.25, -0.2) is 4.98 Å². The summed E-state index contributed by atoms with van der Waals surface area (Å²) in [6.07, 6.45) is 7.46. The van der Waals surface area contributed by atoms with Gasteiger partial charge in [0, 0.05) is 24.1 Å². The average Bonchev–Trinajstić information content (AvgIpc) is 3.04. The fraction of sp³-hybridized carbons (Fsp3) is 0.769. The van der Waals surface area contributed by atoms with Gasteiger partial charge in [0.25, 0.3) is 0 Å². The van der Waals surface area contributed by atoms with E-state index < -0.39 is 0 Å². The number of imidazole rings is 1. The topological polar surface area (TPSA) is 43.8 Å². The molecule has 3 heteroatoms. The fourth-order valence-electron chi connectivity index (χ4n) is 2.95. The van der Waals surface area contributed by atoms with Crippen molar-refractivity contribution in [1.29, 1.82) is 0 Å². The van der Waals surface area contributed by atoms with Crippen LogP contribution in [0.2, 0.25) is 0 Å². The third-order valence-electron chi connectivity index (χ3n) is 3.92. The van der Waals surface area contributed by atoms with E-state index in [-0.39, 0.29) is 0 Å². The van der Waals surface area contributed by atoms with Crippen molar-refractivity contribution >= 4 is 0 Å². The highest BCUT2D eigenvalue weighted by Gasteiger charge is 2.33. The standard InChI is InChI=1S/C13H21N3/c1-9-3-2-4-12-11(7-8-14)15-13(16(9)12)10-5-6-10/h9-10H,2-8,14H2,1H3. The molecule has 0 saturated heterocycles. The van der Waals surface area contributed by atoms with Crippen LogP contribution in [0.1, 0.15) is 61.8 Å². The first-order valence-corrected chi connectivity index (χ1v) is 6.61. The smallest absolute Gasteiger partial charge is 0.112 e. The number of fused-ring (bicyclic) bond motifs is 1. The Labute approximate surface area is 97.0 Å². The van der Waals surface area contributed by atoms with Gasteiger partial charge < -0.3 is 10.3 Å². The second kappa shape index (κ2) is 3.88. The van der Waals surface area contributed by atoms with E-state index in [4.69, 9.17) is 10.7 Å². The molecule has 0 amide bonds. The van der Waals surface area contributed by atoms with Crippen molar-refractivity contribution in [2.45, 2.75) is 57.4 Å². The number of rotatable bonds is 3. The van der Waals surface area contributed by atoms with Gasteiger partial charge in [0.2, 0.25) is 0 Å². The van der Waals surface area contributed by atoms with Crippen LogP contribution in [0.25, 0.3) is 0 Å². The summed E-state index contributed by atoms with van der Waals surface area (Å²) in [6, 6.07) is 0.651. The van der Waals surface area contributed by atoms with Gasteiger partial charge in [0.15, 0.2) is 0 Å². The SMILES string of the molecule is CC1CCCc2c(CCN)nc(C3CC3)n21. The first-order chi connectivity index (χ1) is 7.81. The summed E-state index contributed by atoms with van der Waals surface area (Å²) >= 11 is 0. The highest BCUT2D eigenvalue weighted by atomic mass is 15.1. The van der Waals surface area contributed by atoms with Gasteiger partial charge in [-0.05, 0) is 45.6 Å². The van der Waals surface area contributed by atoms with Crippen molar-refractivity contribution in [1.82, 2.24) is 9.55 Å². The lowest BCUT2D eigenvalue weighted by Crippen LogP contribution is -2.18. The minimum absolute atomic E-state index is 0.651. The molecular formula is C13H21N3. The zero-order valence-electron chi connectivity index (χ0n) is 10.1. The van der Waals surface area contributed by atoms with Crippen molar-refractivity contribution in [3.63, 3.8) is 0 Å². The quantitative estimate of drug-likeness (QED) is 0.846. The van der Waals surface area contributed by atoms with Crippen molar-refractivity contribution < 1.29 is 0 Å². The summed E-state index contributed by atoms with van der Waals surface area (Å²) in [5, 5.41) is 0. The third-order valence-corrected chi connectivity index (χ3v) is 3.92. The Morgan fingerprint density at radius 3 is 2.88 bits per heavy atom. The molecule has 1 fully saturated rings. The predicted octanol–water partition coefficient (Wildman–Crippen LogP) is 2.16. The lowest BCUT2D eigenvalue weighted by Gasteiger charge is -2.24. The Morgan fingerprint density at radius 2 is 2.19 bits per heavy atom. The number of aromatic nitrogens is 2. The van der Waals surface area contributed by atoms with Crippen LogP contribution in [0, 0.1) is 0 Å². The van der Waals surface area contributed by atoms with Gasteiger partial charge in [-0.3, -0.25) is 0 Å². The molecule has 1 unspecified atom stereocenters. The molecule has 0 radical (unpaired) electrons. The minimum atomic E-state index is 0.651. The highest BCUT2D eigenvalue weighted by Crippen LogP contribution is 2.43. The van der Waals surface area contributed by atoms with Crippen molar-refractivity contribution in [3.05, 3.63) is 17.2 Å². The molecule has 1 aromatic heterocycles. The second-order valence-electron chi connectivity index (χ2n) is 5.29. The maximum absolute atomic E-state index is 5.68. The maximum Gasteiger partial charge on any atom is 0.112 e. The maximum atomic E-state index is 5.68. The zero-order valence-corrected chi connectivity index (χ0v) is 10.1. The molecular weight excluding hydrogens is 198 g/mol. The highest BCUT2D eigenvalue weighted by molar-refractivity contribution is 5.24. The lowest BCUT2D eigenvalue weighted by atomic mass is 10.0. The molecule has 0 bridgehead atoms. The molecule has 88 valence electrons. The number of hydrogen-bond donors (Lipinski definition) is 1. The van der Waals surface area contributed by atoms with Crippen LogP contribution in [0.15, 0.2) is 0 Å². The Hall–Kier alpha value is -0.830. The molecule has 2 aliphatic rings. The normalized spacial score (nSPS) is 24.5. The van der Waals surface area contributed by atoms with Crippen LogP contribution >= 0.6 is 0 Å². The van der Waals surface area contributed by atoms with Gasteiger partial charge in [-0.2, -0.15) is 0 Å². The molecule has 2 heterocycles. The number of nitrogens with zero attached hydrogens (tertiary/aromatic N) is 2. The Balaban J connectivity index is 2.04. The van der Waals surface area contributed by atoms with Crippen LogP contribution in [0.3, 0.4) is 0 Å². The van der Waals surface area contributed by atoms with Gasteiger partial charge in [-0.1, -0.05) is 0 Å². The summed E-state index contributed by atoms with van der Waals surface area (Å²) in [5.74, 6) is 2.12. The van der Waals surface area contributed by atoms with Crippen molar-refractivity contribution in [3.8, 4) is 0 Å². The summed E-state index contributed by atoms with van der Waals surface area (Å²) in [6.45, 7) is 3.06. The van der Waals surface area contributed by atoms with E-state index in [9.17, 15) is 0 Å². The fourth-order valence-corrected chi connectivity index (χ4v) is 2.95. The molecule has 16 heavy (non-hydrogen) atoms. The van der Waals surface area contributed by atoms with E-state index in [1.807, 2.05) is 0 Å². The Kier molecular flexibility index (Phi) is 2.51. The molecule has 1 saturated carbocycles. The zero-order chi connectivity index (χ0) is 11.1. The van der Waals surface area contributed by atoms with Crippen LogP contribution in [-0.4, -0.2) is 16.1 Å². The van der Waals surface area contributed by atoms with Crippen LogP contribution in [0.4, 0.5) is 0 Å². The van der Waals surface area contributed by atoms with Crippen molar-refractivity contribution in [2.24, 2.45) is 5.73 Å². The monoisotopic (exact) mass is 219 g/mol. The predicted molar refractivity (Wildman–Crippen MR) is 64.6 cm³/mol. The molecule has 1 aromatic rings. The molecule has 1 aliphatic carbocycles. The van der Waals surface area contributed by atoms with Crippen LogP contribution in [-0.2, 0) is 12.8 Å². The molecule has 1 atom stereocenters. The molecule has 0 spiro atoms.